The van der Waals surface area contributed by atoms with Crippen LogP contribution in [0.15, 0.2) is 126 Å². The Balaban J connectivity index is 1.87. The molecule has 2 heterocycles. The second-order valence-electron chi connectivity index (χ2n) is 17.5. The van der Waals surface area contributed by atoms with Crippen molar-refractivity contribution in [3.63, 3.8) is 0 Å². The molecule has 1 aliphatic rings. The Kier molecular flexibility index (Phi) is 36.0. The minimum absolute atomic E-state index is 0.0229. The second kappa shape index (κ2) is 40.6. The number of hydrogen-bond donors (Lipinski definition) is 6. The molecule has 19 nitrogen and oxygen atoms in total. The van der Waals surface area contributed by atoms with Crippen LogP contribution in [0.5, 0.6) is 0 Å². The molecule has 1 aromatic rings. The van der Waals surface area contributed by atoms with Gasteiger partial charge >= 0.3 is 33.3 Å². The van der Waals surface area contributed by atoms with Crippen molar-refractivity contribution in [3.8, 4) is 0 Å². The smallest absolute Gasteiger partial charge is 0.462 e. The van der Waals surface area contributed by atoms with E-state index in [9.17, 15) is 48.6 Å². The van der Waals surface area contributed by atoms with Crippen LogP contribution < -0.4 is 11.4 Å². The monoisotopic (exact) mass is 1090 g/mol. The van der Waals surface area contributed by atoms with Crippen LogP contribution in [-0.2, 0) is 46.3 Å². The molecule has 3 unspecified atom stereocenters. The molecule has 0 saturated carbocycles. The molecule has 0 spiro atoms. The fourth-order valence-electron chi connectivity index (χ4n) is 6.91. The van der Waals surface area contributed by atoms with Crippen LogP contribution in [0.4, 0.5) is 5.82 Å². The quantitative estimate of drug-likeness (QED) is 0.0117. The van der Waals surface area contributed by atoms with Crippen molar-refractivity contribution in [3.05, 3.63) is 132 Å². The molecule has 21 heteroatoms. The summed E-state index contributed by atoms with van der Waals surface area (Å²) in [5.41, 5.74) is 4.57. The van der Waals surface area contributed by atoms with Gasteiger partial charge in [-0.05, 0) is 83.1 Å². The molecule has 0 amide bonds. The fraction of sp³-hybridized carbons (Fsp3) is 0.556. The maximum absolute atomic E-state index is 12.9. The van der Waals surface area contributed by atoms with Crippen LogP contribution >= 0.6 is 15.6 Å². The average Bonchev–Trinajstić information content (AvgIpc) is 3.64. The van der Waals surface area contributed by atoms with Gasteiger partial charge in [-0.1, -0.05) is 155 Å². The van der Waals surface area contributed by atoms with Crippen molar-refractivity contribution in [2.75, 3.05) is 25.6 Å². The number of aliphatic hydroxyl groups excluding tert-OH is 3. The van der Waals surface area contributed by atoms with Crippen molar-refractivity contribution in [1.29, 1.82) is 0 Å². The Morgan fingerprint density at radius 3 is 1.97 bits per heavy atom. The van der Waals surface area contributed by atoms with Crippen molar-refractivity contribution in [1.82, 2.24) is 9.55 Å². The topological polar surface area (TPSA) is 286 Å². The van der Waals surface area contributed by atoms with Gasteiger partial charge in [0, 0.05) is 19.0 Å². The van der Waals surface area contributed by atoms with Crippen LogP contribution in [0.25, 0.3) is 0 Å². The van der Waals surface area contributed by atoms with E-state index in [1.807, 2.05) is 54.7 Å². The Labute approximate surface area is 443 Å². The van der Waals surface area contributed by atoms with E-state index in [1.165, 1.54) is 44.6 Å². The molecule has 0 bridgehead atoms. The Hall–Kier alpha value is -4.62. The van der Waals surface area contributed by atoms with E-state index in [4.69, 9.17) is 29.0 Å². The third-order valence-electron chi connectivity index (χ3n) is 10.9. The van der Waals surface area contributed by atoms with Crippen molar-refractivity contribution in [2.45, 2.75) is 173 Å². The number of allylic oxidation sites excluding steroid dienone is 16. The summed E-state index contributed by atoms with van der Waals surface area (Å²) >= 11 is 0. The number of hydrogen-bond acceptors (Lipinski definition) is 16. The zero-order valence-electron chi connectivity index (χ0n) is 43.7. The lowest BCUT2D eigenvalue weighted by atomic mass is 10.1. The molecule has 1 aliphatic heterocycles. The number of aromatic nitrogens is 2. The first-order chi connectivity index (χ1) is 36.1. The third-order valence-corrected chi connectivity index (χ3v) is 13.5. The number of nitrogens with zero attached hydrogens (tertiary/aromatic N) is 2. The molecule has 0 aliphatic carbocycles. The number of anilines is 1. The predicted molar refractivity (Wildman–Crippen MR) is 290 cm³/mol. The van der Waals surface area contributed by atoms with E-state index in [2.05, 4.69) is 59.6 Å². The molecular weight excluding hydrogens is 1010 g/mol. The molecule has 7 N–H and O–H groups in total. The fourth-order valence-corrected chi connectivity index (χ4v) is 9.02. The second-order valence-corrected chi connectivity index (χ2v) is 20.5. The number of phosphoric acid groups is 2. The third kappa shape index (κ3) is 33.2. The number of unbranched alkanes of at least 4 members (excludes halogenated alkanes) is 7. The number of carbonyl (C=O) groups is 2. The van der Waals surface area contributed by atoms with E-state index in [0.717, 1.165) is 42.9 Å². The normalized spacial score (nSPS) is 20.1. The molecular formula is C54H83N3O16P2. The lowest BCUT2D eigenvalue weighted by Gasteiger charge is -2.21. The zero-order chi connectivity index (χ0) is 55.0. The highest BCUT2D eigenvalue weighted by Gasteiger charge is 2.46. The minimum atomic E-state index is -5.47. The first-order valence-electron chi connectivity index (χ1n) is 26.0. The van der Waals surface area contributed by atoms with Crippen LogP contribution in [0.2, 0.25) is 0 Å². The van der Waals surface area contributed by atoms with E-state index < -0.39 is 89.8 Å². The van der Waals surface area contributed by atoms with E-state index in [1.54, 1.807) is 18.2 Å². The molecule has 1 saturated heterocycles. The minimum Gasteiger partial charge on any atom is -0.462 e. The lowest BCUT2D eigenvalue weighted by molar-refractivity contribution is -0.161. The first-order valence-corrected chi connectivity index (χ1v) is 29.0. The Bertz CT molecular complexity index is 2200. The van der Waals surface area contributed by atoms with Gasteiger partial charge in [0.1, 0.15) is 30.7 Å². The van der Waals surface area contributed by atoms with E-state index in [-0.39, 0.29) is 25.1 Å². The van der Waals surface area contributed by atoms with Gasteiger partial charge < -0.3 is 45.1 Å². The summed E-state index contributed by atoms with van der Waals surface area (Å²) < 4.78 is 56.6. The number of ether oxygens (including phenoxy) is 3. The standard InChI is InChI=1S/C54H83N3O16P2/c1-3-5-7-9-11-12-13-14-15-16-17-18-19-23-26-30-34-38-49(59)68-42-46(71-50(60)39-35-31-27-24-21-20-22-25-29-33-37-45(58)36-32-28-10-8-6-4-2)43-69-74(64,65)73-75(66,67)70-44-47-51(61)52(62)53(72-47)57-41-40-48(55)56-54(57)63/h6,8,14-15,17-18,20-21,23,25-29,31-33,37,40-41,45-47,51-53,58,61-62H,3-5,7,9-13,16,19,22,24,30,34-36,38-39,42-44H2,1-2H3,(H,64,65)(H,66,67)(H2,55,56,63)/b8-6-,15-14-,18-17-,21-20-,26-23-,29-25-,31-27-,32-28-,37-33+/t45?,46-,47-,51-,52-,53-/m1/s1. The van der Waals surface area contributed by atoms with E-state index in [0.29, 0.717) is 32.1 Å². The molecule has 2 rings (SSSR count). The number of rotatable bonds is 41. The van der Waals surface area contributed by atoms with Gasteiger partial charge in [-0.15, -0.1) is 0 Å². The van der Waals surface area contributed by atoms with Gasteiger partial charge in [0.15, 0.2) is 12.3 Å². The van der Waals surface area contributed by atoms with Gasteiger partial charge in [0.2, 0.25) is 0 Å². The lowest BCUT2D eigenvalue weighted by Crippen LogP contribution is -2.36. The highest BCUT2D eigenvalue weighted by Crippen LogP contribution is 2.60. The van der Waals surface area contributed by atoms with Gasteiger partial charge in [-0.2, -0.15) is 9.29 Å². The number of nitrogen functional groups attached to an aromatic ring is 1. The number of aliphatic hydroxyl groups is 3. The maximum atomic E-state index is 12.9. The summed E-state index contributed by atoms with van der Waals surface area (Å²) in [5, 5.41) is 31.0. The van der Waals surface area contributed by atoms with Crippen LogP contribution in [-0.4, -0.2) is 96.9 Å². The summed E-state index contributed by atoms with van der Waals surface area (Å²) in [6, 6.07) is 1.24. The zero-order valence-corrected chi connectivity index (χ0v) is 45.4. The van der Waals surface area contributed by atoms with E-state index >= 15 is 0 Å². The number of nitrogens with two attached hydrogens (primary N) is 1. The number of carbonyl (C=O) groups excluding carboxylic acids is 2. The van der Waals surface area contributed by atoms with Crippen molar-refractivity contribution < 1.29 is 71.4 Å². The summed E-state index contributed by atoms with van der Waals surface area (Å²) in [4.78, 5) is 61.9. The Morgan fingerprint density at radius 1 is 0.720 bits per heavy atom. The molecule has 0 aromatic carbocycles. The van der Waals surface area contributed by atoms with Gasteiger partial charge in [0.25, 0.3) is 0 Å². The molecule has 75 heavy (non-hydrogen) atoms. The van der Waals surface area contributed by atoms with Gasteiger partial charge in [-0.3, -0.25) is 23.2 Å². The highest BCUT2D eigenvalue weighted by molar-refractivity contribution is 7.61. The number of phosphoric ester groups is 2. The van der Waals surface area contributed by atoms with Gasteiger partial charge in [-0.25, -0.2) is 13.9 Å². The molecule has 1 aromatic heterocycles. The Morgan fingerprint density at radius 2 is 1.31 bits per heavy atom. The largest absolute Gasteiger partial charge is 0.481 e. The SMILES string of the molecule is CC/C=C\C/C=C\CC(O)/C=C/C=C\C/C=C\C/C=C\CCC(=O)O[C@H](COC(=O)CCC/C=C\C/C=C\C/C=C\CCCCCCCC)COP(=O)(O)OP(=O)(O)OC[C@H]1O[C@@H](n2ccc(N)nc2=O)[C@H](O)[C@@H]1O. The maximum Gasteiger partial charge on any atom is 0.481 e. The molecule has 8 atom stereocenters. The summed E-state index contributed by atoms with van der Waals surface area (Å²) in [6.45, 7) is 1.83. The molecule has 0 radical (unpaired) electrons. The molecule has 420 valence electrons. The summed E-state index contributed by atoms with van der Waals surface area (Å²) in [6.07, 6.45) is 43.6. The van der Waals surface area contributed by atoms with Crippen molar-refractivity contribution in [2.24, 2.45) is 0 Å². The van der Waals surface area contributed by atoms with Gasteiger partial charge in [0.05, 0.1) is 19.3 Å². The van der Waals surface area contributed by atoms with Crippen LogP contribution in [0.3, 0.4) is 0 Å². The van der Waals surface area contributed by atoms with Crippen LogP contribution in [0.1, 0.15) is 142 Å². The highest BCUT2D eigenvalue weighted by atomic mass is 31.3. The first kappa shape index (κ1) is 66.5. The average molecular weight is 1090 g/mol. The van der Waals surface area contributed by atoms with Crippen molar-refractivity contribution >= 4 is 33.4 Å². The molecule has 1 fully saturated rings. The number of esters is 2. The summed E-state index contributed by atoms with van der Waals surface area (Å²) in [5.74, 6) is -1.51. The predicted octanol–water partition coefficient (Wildman–Crippen LogP) is 9.97. The summed E-state index contributed by atoms with van der Waals surface area (Å²) in [7, 11) is -10.9. The van der Waals surface area contributed by atoms with Crippen LogP contribution in [0, 0.1) is 0 Å².